The van der Waals surface area contributed by atoms with Crippen molar-refractivity contribution in [3.8, 4) is 11.3 Å². The first-order valence-electron chi connectivity index (χ1n) is 6.49. The minimum absolute atomic E-state index is 0.00825. The van der Waals surface area contributed by atoms with Crippen molar-refractivity contribution in [2.24, 2.45) is 7.05 Å². The summed E-state index contributed by atoms with van der Waals surface area (Å²) in [5.74, 6) is -0.000247. The Morgan fingerprint density at radius 3 is 2.82 bits per heavy atom. The molecule has 0 atom stereocenters. The summed E-state index contributed by atoms with van der Waals surface area (Å²) in [6, 6.07) is 8.94. The van der Waals surface area contributed by atoms with Crippen LogP contribution >= 0.6 is 11.6 Å². The van der Waals surface area contributed by atoms with Crippen molar-refractivity contribution >= 4 is 17.6 Å². The Balaban J connectivity index is 1.64. The number of ether oxygens (including phenoxy) is 1. The lowest BCUT2D eigenvalue weighted by Gasteiger charge is -1.98. The molecule has 0 bridgehead atoms. The van der Waals surface area contributed by atoms with E-state index in [0.717, 1.165) is 5.56 Å². The van der Waals surface area contributed by atoms with Gasteiger partial charge in [-0.25, -0.2) is 4.79 Å². The van der Waals surface area contributed by atoms with Crippen LogP contribution in [-0.4, -0.2) is 20.9 Å². The maximum atomic E-state index is 11.8. The molecule has 0 amide bonds. The van der Waals surface area contributed by atoms with Gasteiger partial charge in [0, 0.05) is 29.9 Å². The molecule has 2 heterocycles. The van der Waals surface area contributed by atoms with E-state index in [0.29, 0.717) is 22.0 Å². The van der Waals surface area contributed by atoms with Gasteiger partial charge in [0.05, 0.1) is 11.8 Å². The van der Waals surface area contributed by atoms with Gasteiger partial charge in [0.25, 0.3) is 0 Å². The topological polar surface area (TPSA) is 70.2 Å². The van der Waals surface area contributed by atoms with E-state index < -0.39 is 5.97 Å². The molecule has 0 saturated carbocycles. The molecule has 0 aliphatic carbocycles. The van der Waals surface area contributed by atoms with Gasteiger partial charge in [-0.1, -0.05) is 28.9 Å². The van der Waals surface area contributed by atoms with Gasteiger partial charge in [0.2, 0.25) is 0 Å². The number of rotatable bonds is 4. The molecular weight excluding hydrogens is 306 g/mol. The van der Waals surface area contributed by atoms with Gasteiger partial charge < -0.3 is 9.26 Å². The highest BCUT2D eigenvalue weighted by molar-refractivity contribution is 6.30. The second-order valence-corrected chi connectivity index (χ2v) is 5.10. The first-order chi connectivity index (χ1) is 10.6. The molecule has 2 aromatic heterocycles. The highest BCUT2D eigenvalue weighted by Crippen LogP contribution is 2.21. The Hall–Kier alpha value is -2.60. The van der Waals surface area contributed by atoms with Gasteiger partial charge in [-0.3, -0.25) is 4.68 Å². The molecule has 0 N–H and O–H groups in total. The van der Waals surface area contributed by atoms with Gasteiger partial charge in [-0.05, 0) is 12.1 Å². The van der Waals surface area contributed by atoms with E-state index in [1.807, 2.05) is 12.1 Å². The molecule has 1 aromatic carbocycles. The summed E-state index contributed by atoms with van der Waals surface area (Å²) >= 11 is 5.84. The van der Waals surface area contributed by atoms with Crippen LogP contribution < -0.4 is 0 Å². The highest BCUT2D eigenvalue weighted by atomic mass is 35.5. The zero-order valence-corrected chi connectivity index (χ0v) is 12.4. The Morgan fingerprint density at radius 2 is 2.14 bits per heavy atom. The number of hydrogen-bond donors (Lipinski definition) is 0. The summed E-state index contributed by atoms with van der Waals surface area (Å²) in [6.07, 6.45) is 3.03. The number of hydrogen-bond acceptors (Lipinski definition) is 5. The van der Waals surface area contributed by atoms with Crippen LogP contribution in [0.4, 0.5) is 0 Å². The minimum atomic E-state index is -0.461. The molecule has 0 radical (unpaired) electrons. The number of carbonyl (C=O) groups excluding carboxylic acids is 1. The molecule has 7 heteroatoms. The van der Waals surface area contributed by atoms with E-state index in [2.05, 4.69) is 10.3 Å². The molecule has 112 valence electrons. The first kappa shape index (κ1) is 14.3. The molecule has 0 fully saturated rings. The van der Waals surface area contributed by atoms with Crippen molar-refractivity contribution in [3.63, 3.8) is 0 Å². The second-order valence-electron chi connectivity index (χ2n) is 4.66. The summed E-state index contributed by atoms with van der Waals surface area (Å²) in [5.41, 5.74) is 1.92. The fraction of sp³-hybridized carbons (Fsp3) is 0.133. The van der Waals surface area contributed by atoms with Gasteiger partial charge in [-0.2, -0.15) is 5.10 Å². The lowest BCUT2D eigenvalue weighted by molar-refractivity contribution is 0.0437. The zero-order valence-electron chi connectivity index (χ0n) is 11.7. The lowest BCUT2D eigenvalue weighted by Crippen LogP contribution is -2.03. The zero-order chi connectivity index (χ0) is 15.5. The van der Waals surface area contributed by atoms with E-state index in [4.69, 9.17) is 20.9 Å². The van der Waals surface area contributed by atoms with E-state index in [-0.39, 0.29) is 6.61 Å². The van der Waals surface area contributed by atoms with Crippen molar-refractivity contribution in [2.75, 3.05) is 0 Å². The van der Waals surface area contributed by atoms with Gasteiger partial charge in [0.15, 0.2) is 12.4 Å². The van der Waals surface area contributed by atoms with Crippen molar-refractivity contribution in [2.45, 2.75) is 6.61 Å². The fourth-order valence-corrected chi connectivity index (χ4v) is 2.01. The standard InChI is InChI=1S/C15H12ClN3O3/c1-19-8-11(7-17-19)15(20)21-9-13-6-14(18-22-13)10-2-4-12(16)5-3-10/h2-8H,9H2,1H3. The summed E-state index contributed by atoms with van der Waals surface area (Å²) in [4.78, 5) is 11.8. The molecule has 0 aliphatic rings. The van der Waals surface area contributed by atoms with Gasteiger partial charge in [0.1, 0.15) is 5.69 Å². The van der Waals surface area contributed by atoms with Crippen molar-refractivity contribution in [3.05, 3.63) is 59.1 Å². The number of aryl methyl sites for hydroxylation is 1. The van der Waals surface area contributed by atoms with E-state index in [1.54, 1.807) is 31.4 Å². The Morgan fingerprint density at radius 1 is 1.36 bits per heavy atom. The minimum Gasteiger partial charge on any atom is -0.454 e. The molecule has 0 spiro atoms. The van der Waals surface area contributed by atoms with Crippen LogP contribution in [0.5, 0.6) is 0 Å². The Kier molecular flexibility index (Phi) is 3.93. The van der Waals surface area contributed by atoms with E-state index in [9.17, 15) is 4.79 Å². The first-order valence-corrected chi connectivity index (χ1v) is 6.87. The van der Waals surface area contributed by atoms with Crippen LogP contribution in [0.2, 0.25) is 5.02 Å². The van der Waals surface area contributed by atoms with E-state index >= 15 is 0 Å². The van der Waals surface area contributed by atoms with Crippen molar-refractivity contribution < 1.29 is 14.1 Å². The van der Waals surface area contributed by atoms with Crippen LogP contribution in [0.3, 0.4) is 0 Å². The smallest absolute Gasteiger partial charge is 0.341 e. The predicted molar refractivity (Wildman–Crippen MR) is 79.3 cm³/mol. The van der Waals surface area contributed by atoms with Crippen LogP contribution in [0, 0.1) is 0 Å². The number of nitrogens with zero attached hydrogens (tertiary/aromatic N) is 3. The number of aromatic nitrogens is 3. The van der Waals surface area contributed by atoms with Crippen LogP contribution in [0.25, 0.3) is 11.3 Å². The molecule has 0 saturated heterocycles. The van der Waals surface area contributed by atoms with Crippen LogP contribution in [0.1, 0.15) is 16.1 Å². The number of esters is 1. The molecule has 0 unspecified atom stereocenters. The quantitative estimate of drug-likeness (QED) is 0.692. The van der Waals surface area contributed by atoms with Crippen molar-refractivity contribution in [1.82, 2.24) is 14.9 Å². The average Bonchev–Trinajstić information content (AvgIpc) is 3.15. The maximum Gasteiger partial charge on any atom is 0.341 e. The predicted octanol–water partition coefficient (Wildman–Crippen LogP) is 3.09. The number of halogens is 1. The summed E-state index contributed by atoms with van der Waals surface area (Å²) in [7, 11) is 1.73. The number of carbonyl (C=O) groups is 1. The average molecular weight is 318 g/mol. The molecule has 6 nitrogen and oxygen atoms in total. The molecule has 3 rings (SSSR count). The second kappa shape index (κ2) is 6.03. The maximum absolute atomic E-state index is 11.8. The molecule has 3 aromatic rings. The number of benzene rings is 1. The Labute approximate surface area is 131 Å². The van der Waals surface area contributed by atoms with Gasteiger partial charge in [-0.15, -0.1) is 0 Å². The SMILES string of the molecule is Cn1cc(C(=O)OCc2cc(-c3ccc(Cl)cc3)no2)cn1. The van der Waals surface area contributed by atoms with Crippen LogP contribution in [-0.2, 0) is 18.4 Å². The highest BCUT2D eigenvalue weighted by Gasteiger charge is 2.12. The molecule has 0 aliphatic heterocycles. The Bertz CT molecular complexity index is 792. The lowest BCUT2D eigenvalue weighted by atomic mass is 10.1. The third-order valence-electron chi connectivity index (χ3n) is 2.99. The molecular formula is C15H12ClN3O3. The van der Waals surface area contributed by atoms with Crippen LogP contribution in [0.15, 0.2) is 47.2 Å². The van der Waals surface area contributed by atoms with Crippen molar-refractivity contribution in [1.29, 1.82) is 0 Å². The normalized spacial score (nSPS) is 10.6. The summed E-state index contributed by atoms with van der Waals surface area (Å²) in [5, 5.41) is 8.51. The van der Waals surface area contributed by atoms with Gasteiger partial charge >= 0.3 is 5.97 Å². The monoisotopic (exact) mass is 317 g/mol. The fourth-order valence-electron chi connectivity index (χ4n) is 1.88. The summed E-state index contributed by atoms with van der Waals surface area (Å²) in [6.45, 7) is 0.00825. The molecule has 22 heavy (non-hydrogen) atoms. The third-order valence-corrected chi connectivity index (χ3v) is 3.24. The van der Waals surface area contributed by atoms with E-state index in [1.165, 1.54) is 10.9 Å². The summed E-state index contributed by atoms with van der Waals surface area (Å²) < 4.78 is 11.8. The third kappa shape index (κ3) is 3.17. The largest absolute Gasteiger partial charge is 0.454 e.